The molecule has 1 aliphatic carbocycles. The molecule has 3 heterocycles. The molecule has 2 aliphatic rings. The summed E-state index contributed by atoms with van der Waals surface area (Å²) in [6.07, 6.45) is 6.37. The van der Waals surface area contributed by atoms with Gasteiger partial charge in [0, 0.05) is 36.7 Å². The van der Waals surface area contributed by atoms with Crippen molar-refractivity contribution in [1.29, 1.82) is 0 Å². The summed E-state index contributed by atoms with van der Waals surface area (Å²) in [6, 6.07) is 6.66. The van der Waals surface area contributed by atoms with E-state index in [9.17, 15) is 0 Å². The van der Waals surface area contributed by atoms with E-state index in [1.807, 2.05) is 18.3 Å². The Labute approximate surface area is 177 Å². The highest BCUT2D eigenvalue weighted by Gasteiger charge is 2.25. The van der Waals surface area contributed by atoms with Crippen LogP contribution in [0, 0.1) is 20.8 Å². The van der Waals surface area contributed by atoms with Crippen LogP contribution in [0.15, 0.2) is 18.2 Å². The highest BCUT2D eigenvalue weighted by molar-refractivity contribution is 7.19. The first-order valence-electron chi connectivity index (χ1n) is 11.0. The van der Waals surface area contributed by atoms with Gasteiger partial charge in [-0.3, -0.25) is 0 Å². The molecule has 1 aliphatic heterocycles. The van der Waals surface area contributed by atoms with E-state index in [2.05, 4.69) is 41.8 Å². The lowest BCUT2D eigenvalue weighted by Gasteiger charge is -2.38. The van der Waals surface area contributed by atoms with Gasteiger partial charge >= 0.3 is 0 Å². The molecule has 0 saturated carbocycles. The molecular formula is C24H30N4S. The van der Waals surface area contributed by atoms with Crippen LogP contribution < -0.4 is 9.80 Å². The third kappa shape index (κ3) is 3.39. The molecule has 3 aromatic rings. The van der Waals surface area contributed by atoms with Crippen LogP contribution in [-0.2, 0) is 12.8 Å². The van der Waals surface area contributed by atoms with E-state index in [1.54, 1.807) is 10.4 Å². The van der Waals surface area contributed by atoms with Crippen molar-refractivity contribution in [2.24, 2.45) is 0 Å². The Hall–Kier alpha value is -2.14. The van der Waals surface area contributed by atoms with Gasteiger partial charge < -0.3 is 9.80 Å². The second kappa shape index (κ2) is 7.60. The zero-order chi connectivity index (χ0) is 20.0. The van der Waals surface area contributed by atoms with Gasteiger partial charge in [0.25, 0.3) is 0 Å². The summed E-state index contributed by atoms with van der Waals surface area (Å²) in [5.41, 5.74) is 5.72. The second-order valence-electron chi connectivity index (χ2n) is 8.53. The normalized spacial score (nSPS) is 17.5. The maximum absolute atomic E-state index is 4.97. The highest BCUT2D eigenvalue weighted by Crippen LogP contribution is 2.39. The predicted octanol–water partition coefficient (Wildman–Crippen LogP) is 5.21. The molecule has 2 aromatic heterocycles. The fourth-order valence-corrected chi connectivity index (χ4v) is 6.19. The first-order valence-corrected chi connectivity index (χ1v) is 11.8. The number of rotatable bonds is 2. The van der Waals surface area contributed by atoms with Crippen molar-refractivity contribution in [2.75, 3.05) is 36.0 Å². The molecule has 152 valence electrons. The Kier molecular flexibility index (Phi) is 4.94. The number of hydrogen-bond donors (Lipinski definition) is 0. The summed E-state index contributed by atoms with van der Waals surface area (Å²) in [5.74, 6) is 2.09. The molecule has 0 bridgehead atoms. The van der Waals surface area contributed by atoms with Gasteiger partial charge in [0.2, 0.25) is 0 Å². The molecule has 4 nitrogen and oxygen atoms in total. The van der Waals surface area contributed by atoms with E-state index in [0.29, 0.717) is 0 Å². The van der Waals surface area contributed by atoms with Crippen molar-refractivity contribution >= 4 is 33.1 Å². The van der Waals surface area contributed by atoms with Crippen molar-refractivity contribution in [2.45, 2.75) is 52.9 Å². The van der Waals surface area contributed by atoms with Crippen LogP contribution in [0.3, 0.4) is 0 Å². The number of anilines is 2. The topological polar surface area (TPSA) is 32.3 Å². The van der Waals surface area contributed by atoms with Gasteiger partial charge in [0.1, 0.15) is 16.5 Å². The maximum atomic E-state index is 4.97. The first-order chi connectivity index (χ1) is 14.1. The summed E-state index contributed by atoms with van der Waals surface area (Å²) in [5, 5.41) is 1.36. The quantitative estimate of drug-likeness (QED) is 0.547. The standard InChI is InChI=1S/C24H30N4S/c1-16-8-7-10-20(17(16)2)27-12-14-28(15-13-27)23-22-19-9-5-4-6-11-21(19)29-24(22)26-18(3)25-23/h7-8,10H,4-6,9,11-15H2,1-3H3. The molecular weight excluding hydrogens is 376 g/mol. The average Bonchev–Trinajstić information content (AvgIpc) is 2.90. The van der Waals surface area contributed by atoms with E-state index < -0.39 is 0 Å². The lowest BCUT2D eigenvalue weighted by molar-refractivity contribution is 0.646. The molecule has 1 aromatic carbocycles. The molecule has 0 spiro atoms. The summed E-state index contributed by atoms with van der Waals surface area (Å²) in [7, 11) is 0. The van der Waals surface area contributed by atoms with Gasteiger partial charge in [-0.25, -0.2) is 9.97 Å². The molecule has 0 atom stereocenters. The number of thiophene rings is 1. The molecule has 0 unspecified atom stereocenters. The van der Waals surface area contributed by atoms with E-state index in [-0.39, 0.29) is 0 Å². The van der Waals surface area contributed by atoms with Crippen molar-refractivity contribution in [1.82, 2.24) is 9.97 Å². The van der Waals surface area contributed by atoms with Gasteiger partial charge in [-0.2, -0.15) is 0 Å². The fourth-order valence-electron chi connectivity index (χ4n) is 4.88. The smallest absolute Gasteiger partial charge is 0.141 e. The van der Waals surface area contributed by atoms with Crippen LogP contribution in [0.4, 0.5) is 11.5 Å². The predicted molar refractivity (Wildman–Crippen MR) is 124 cm³/mol. The van der Waals surface area contributed by atoms with Crippen molar-refractivity contribution < 1.29 is 0 Å². The van der Waals surface area contributed by atoms with Crippen molar-refractivity contribution in [3.8, 4) is 0 Å². The monoisotopic (exact) mass is 406 g/mol. The van der Waals surface area contributed by atoms with E-state index in [4.69, 9.17) is 9.97 Å². The van der Waals surface area contributed by atoms with Crippen molar-refractivity contribution in [3.63, 3.8) is 0 Å². The number of fused-ring (bicyclic) bond motifs is 3. The highest BCUT2D eigenvalue weighted by atomic mass is 32.1. The van der Waals surface area contributed by atoms with Gasteiger partial charge in [0.15, 0.2) is 0 Å². The largest absolute Gasteiger partial charge is 0.368 e. The van der Waals surface area contributed by atoms with E-state index in [1.165, 1.54) is 65.0 Å². The van der Waals surface area contributed by atoms with Crippen LogP contribution in [0.1, 0.15) is 46.7 Å². The number of aryl methyl sites for hydroxylation is 4. The van der Waals surface area contributed by atoms with Gasteiger partial charge in [0.05, 0.1) is 5.39 Å². The Morgan fingerprint density at radius 1 is 0.862 bits per heavy atom. The van der Waals surface area contributed by atoms with Crippen molar-refractivity contribution in [3.05, 3.63) is 45.6 Å². The van der Waals surface area contributed by atoms with Gasteiger partial charge in [-0.05, 0) is 69.2 Å². The minimum atomic E-state index is 0.904. The fraction of sp³-hybridized carbons (Fsp3) is 0.500. The Bertz CT molecular complexity index is 1050. The molecule has 0 amide bonds. The lowest BCUT2D eigenvalue weighted by Crippen LogP contribution is -2.47. The first kappa shape index (κ1) is 18.9. The third-order valence-electron chi connectivity index (χ3n) is 6.65. The second-order valence-corrected chi connectivity index (χ2v) is 9.62. The van der Waals surface area contributed by atoms with Crippen LogP contribution in [0.25, 0.3) is 10.2 Å². The number of piperazine rings is 1. The van der Waals surface area contributed by atoms with E-state index in [0.717, 1.165) is 32.0 Å². The molecule has 0 radical (unpaired) electrons. The number of benzene rings is 1. The maximum Gasteiger partial charge on any atom is 0.141 e. The zero-order valence-corrected chi connectivity index (χ0v) is 18.6. The van der Waals surface area contributed by atoms with Crippen LogP contribution >= 0.6 is 11.3 Å². The van der Waals surface area contributed by atoms with Gasteiger partial charge in [-0.15, -0.1) is 11.3 Å². The minimum absolute atomic E-state index is 0.904. The third-order valence-corrected chi connectivity index (χ3v) is 7.84. The van der Waals surface area contributed by atoms with Crippen LogP contribution in [0.5, 0.6) is 0 Å². The number of aromatic nitrogens is 2. The molecule has 5 rings (SSSR count). The Balaban J connectivity index is 1.46. The summed E-state index contributed by atoms with van der Waals surface area (Å²) >= 11 is 1.92. The summed E-state index contributed by atoms with van der Waals surface area (Å²) in [6.45, 7) is 10.6. The van der Waals surface area contributed by atoms with Gasteiger partial charge in [-0.1, -0.05) is 18.6 Å². The molecule has 29 heavy (non-hydrogen) atoms. The Morgan fingerprint density at radius 3 is 2.45 bits per heavy atom. The lowest BCUT2D eigenvalue weighted by atomic mass is 10.1. The molecule has 5 heteroatoms. The van der Waals surface area contributed by atoms with Crippen LogP contribution in [-0.4, -0.2) is 36.1 Å². The molecule has 1 fully saturated rings. The summed E-state index contributed by atoms with van der Waals surface area (Å²) < 4.78 is 0. The number of hydrogen-bond acceptors (Lipinski definition) is 5. The minimum Gasteiger partial charge on any atom is -0.368 e. The molecule has 0 N–H and O–H groups in total. The Morgan fingerprint density at radius 2 is 1.62 bits per heavy atom. The summed E-state index contributed by atoms with van der Waals surface area (Å²) in [4.78, 5) is 17.6. The molecule has 1 saturated heterocycles. The average molecular weight is 407 g/mol. The van der Waals surface area contributed by atoms with Crippen LogP contribution in [0.2, 0.25) is 0 Å². The van der Waals surface area contributed by atoms with E-state index >= 15 is 0 Å². The number of nitrogens with zero attached hydrogens (tertiary/aromatic N) is 4. The SMILES string of the molecule is Cc1nc(N2CCN(c3cccc(C)c3C)CC2)c2c3c(sc2n1)CCCCC3. The zero-order valence-electron chi connectivity index (χ0n) is 17.8.